The quantitative estimate of drug-likeness (QED) is 0.784. The lowest BCUT2D eigenvalue weighted by Crippen LogP contribution is -2.06. The van der Waals surface area contributed by atoms with E-state index >= 15 is 0 Å². The van der Waals surface area contributed by atoms with Crippen molar-refractivity contribution in [1.29, 1.82) is 0 Å². The van der Waals surface area contributed by atoms with E-state index < -0.39 is 5.67 Å². The molecule has 0 amide bonds. The van der Waals surface area contributed by atoms with E-state index in [1.165, 1.54) is 0 Å². The molecule has 0 bridgehead atoms. The first-order valence-electron chi connectivity index (χ1n) is 5.12. The van der Waals surface area contributed by atoms with Gasteiger partial charge in [0.15, 0.2) is 0 Å². The van der Waals surface area contributed by atoms with Crippen LogP contribution in [0.4, 0.5) is 4.39 Å². The molecule has 1 aliphatic rings. The molecule has 0 saturated heterocycles. The maximum Gasteiger partial charge on any atom is 0.115 e. The zero-order valence-electron chi connectivity index (χ0n) is 8.46. The number of nitrogens with two attached hydrogens (primary N) is 1. The summed E-state index contributed by atoms with van der Waals surface area (Å²) in [4.78, 5) is 0. The third-order valence-electron chi connectivity index (χ3n) is 2.82. The minimum Gasteiger partial charge on any atom is -0.324 e. The van der Waals surface area contributed by atoms with Gasteiger partial charge in [-0.1, -0.05) is 24.3 Å². The summed E-state index contributed by atoms with van der Waals surface area (Å²) in [5.74, 6) is 0. The summed E-state index contributed by atoms with van der Waals surface area (Å²) in [6.45, 7) is 1.95. The van der Waals surface area contributed by atoms with Crippen molar-refractivity contribution in [1.82, 2.24) is 0 Å². The van der Waals surface area contributed by atoms with Gasteiger partial charge in [0.25, 0.3) is 0 Å². The van der Waals surface area contributed by atoms with Crippen molar-refractivity contribution < 1.29 is 4.39 Å². The second-order valence-corrected chi connectivity index (χ2v) is 4.36. The van der Waals surface area contributed by atoms with Crippen LogP contribution in [0.2, 0.25) is 0 Å². The Morgan fingerprint density at radius 2 is 1.93 bits per heavy atom. The van der Waals surface area contributed by atoms with Crippen LogP contribution in [0.25, 0.3) is 0 Å². The molecule has 1 aromatic carbocycles. The molecule has 0 aromatic heterocycles. The molecule has 1 fully saturated rings. The molecule has 1 nitrogen and oxygen atoms in total. The lowest BCUT2D eigenvalue weighted by Gasteiger charge is -2.08. The van der Waals surface area contributed by atoms with Gasteiger partial charge in [0, 0.05) is 12.5 Å². The average molecular weight is 193 g/mol. The van der Waals surface area contributed by atoms with Crippen molar-refractivity contribution in [2.45, 2.75) is 37.9 Å². The van der Waals surface area contributed by atoms with Crippen LogP contribution in [-0.4, -0.2) is 5.67 Å². The highest BCUT2D eigenvalue weighted by Gasteiger charge is 2.42. The molecule has 76 valence electrons. The fourth-order valence-electron chi connectivity index (χ4n) is 1.62. The molecule has 2 N–H and O–H groups in total. The Balaban J connectivity index is 2.06. The molecule has 1 unspecified atom stereocenters. The summed E-state index contributed by atoms with van der Waals surface area (Å²) in [6.07, 6.45) is 2.01. The van der Waals surface area contributed by atoms with Crippen LogP contribution in [0.5, 0.6) is 0 Å². The van der Waals surface area contributed by atoms with E-state index in [9.17, 15) is 4.39 Å². The summed E-state index contributed by atoms with van der Waals surface area (Å²) >= 11 is 0. The van der Waals surface area contributed by atoms with E-state index in [0.29, 0.717) is 6.42 Å². The monoisotopic (exact) mass is 193 g/mol. The predicted molar refractivity (Wildman–Crippen MR) is 55.8 cm³/mol. The number of rotatable bonds is 3. The van der Waals surface area contributed by atoms with Crippen LogP contribution in [0.3, 0.4) is 0 Å². The summed E-state index contributed by atoms with van der Waals surface area (Å²) < 4.78 is 13.4. The normalized spacial score (nSPS) is 20.5. The maximum atomic E-state index is 13.4. The van der Waals surface area contributed by atoms with Gasteiger partial charge in [-0.05, 0) is 30.9 Å². The number of benzene rings is 1. The molecule has 14 heavy (non-hydrogen) atoms. The van der Waals surface area contributed by atoms with Crippen LogP contribution >= 0.6 is 0 Å². The smallest absolute Gasteiger partial charge is 0.115 e. The fraction of sp³-hybridized carbons (Fsp3) is 0.500. The first kappa shape index (κ1) is 9.66. The van der Waals surface area contributed by atoms with Crippen molar-refractivity contribution in [3.8, 4) is 0 Å². The summed E-state index contributed by atoms with van der Waals surface area (Å²) in [5.41, 5.74) is 7.02. The van der Waals surface area contributed by atoms with Crippen LogP contribution in [0.15, 0.2) is 24.3 Å². The Bertz CT molecular complexity index is 312. The summed E-state index contributed by atoms with van der Waals surface area (Å²) in [7, 11) is 0. The highest BCUT2D eigenvalue weighted by atomic mass is 19.1. The van der Waals surface area contributed by atoms with E-state index in [0.717, 1.165) is 24.0 Å². The van der Waals surface area contributed by atoms with Gasteiger partial charge in [-0.3, -0.25) is 0 Å². The predicted octanol–water partition coefficient (Wildman–Crippen LogP) is 2.75. The van der Waals surface area contributed by atoms with E-state index in [-0.39, 0.29) is 6.04 Å². The molecule has 0 aliphatic heterocycles. The van der Waals surface area contributed by atoms with Gasteiger partial charge in [0.2, 0.25) is 0 Å². The van der Waals surface area contributed by atoms with Gasteiger partial charge in [0.05, 0.1) is 0 Å². The van der Waals surface area contributed by atoms with Crippen molar-refractivity contribution in [3.63, 3.8) is 0 Å². The molecule has 0 heterocycles. The van der Waals surface area contributed by atoms with Crippen LogP contribution in [0.1, 0.15) is 36.9 Å². The maximum absolute atomic E-state index is 13.4. The van der Waals surface area contributed by atoms with E-state index in [2.05, 4.69) is 0 Å². The third kappa shape index (κ3) is 2.13. The standard InChI is InChI=1S/C12H16FN/c1-9(14)11-4-2-10(3-5-11)8-12(13)6-7-12/h2-5,9H,6-8,14H2,1H3. The molecule has 1 atom stereocenters. The first-order chi connectivity index (χ1) is 6.59. The minimum absolute atomic E-state index is 0.0595. The lowest BCUT2D eigenvalue weighted by molar-refractivity contribution is 0.308. The van der Waals surface area contributed by atoms with Gasteiger partial charge in [-0.15, -0.1) is 0 Å². The molecule has 0 radical (unpaired) electrons. The highest BCUT2D eigenvalue weighted by Crippen LogP contribution is 2.42. The largest absolute Gasteiger partial charge is 0.324 e. The Labute approximate surface area is 84.1 Å². The molecular formula is C12H16FN. The number of hydrogen-bond acceptors (Lipinski definition) is 1. The van der Waals surface area contributed by atoms with Crippen molar-refractivity contribution in [2.24, 2.45) is 5.73 Å². The Morgan fingerprint density at radius 3 is 2.36 bits per heavy atom. The second-order valence-electron chi connectivity index (χ2n) is 4.36. The zero-order chi connectivity index (χ0) is 10.2. The molecule has 1 aromatic rings. The van der Waals surface area contributed by atoms with Crippen LogP contribution in [-0.2, 0) is 6.42 Å². The molecule has 2 rings (SSSR count). The van der Waals surface area contributed by atoms with E-state index in [1.54, 1.807) is 0 Å². The number of alkyl halides is 1. The van der Waals surface area contributed by atoms with Crippen molar-refractivity contribution in [2.75, 3.05) is 0 Å². The lowest BCUT2D eigenvalue weighted by atomic mass is 10.0. The van der Waals surface area contributed by atoms with Crippen molar-refractivity contribution >= 4 is 0 Å². The average Bonchev–Trinajstić information content (AvgIpc) is 2.84. The van der Waals surface area contributed by atoms with E-state index in [1.807, 2.05) is 31.2 Å². The van der Waals surface area contributed by atoms with Gasteiger partial charge >= 0.3 is 0 Å². The SMILES string of the molecule is CC(N)c1ccc(CC2(F)CC2)cc1. The topological polar surface area (TPSA) is 26.0 Å². The van der Waals surface area contributed by atoms with Crippen LogP contribution in [0, 0.1) is 0 Å². The fourth-order valence-corrected chi connectivity index (χ4v) is 1.62. The minimum atomic E-state index is -0.893. The molecule has 1 saturated carbocycles. The molecule has 0 spiro atoms. The Morgan fingerprint density at radius 1 is 1.36 bits per heavy atom. The molecule has 1 aliphatic carbocycles. The Kier molecular flexibility index (Phi) is 2.31. The molecule has 2 heteroatoms. The Hall–Kier alpha value is -0.890. The van der Waals surface area contributed by atoms with Gasteiger partial charge < -0.3 is 5.73 Å². The second kappa shape index (κ2) is 3.35. The molecular weight excluding hydrogens is 177 g/mol. The van der Waals surface area contributed by atoms with Gasteiger partial charge in [-0.25, -0.2) is 4.39 Å². The van der Waals surface area contributed by atoms with Crippen molar-refractivity contribution in [3.05, 3.63) is 35.4 Å². The van der Waals surface area contributed by atoms with E-state index in [4.69, 9.17) is 5.73 Å². The van der Waals surface area contributed by atoms with Gasteiger partial charge in [-0.2, -0.15) is 0 Å². The van der Waals surface area contributed by atoms with Crippen LogP contribution < -0.4 is 5.73 Å². The van der Waals surface area contributed by atoms with Gasteiger partial charge in [0.1, 0.15) is 5.67 Å². The summed E-state index contributed by atoms with van der Waals surface area (Å²) in [5, 5.41) is 0. The number of halogens is 1. The number of hydrogen-bond donors (Lipinski definition) is 1. The zero-order valence-corrected chi connectivity index (χ0v) is 8.46. The first-order valence-corrected chi connectivity index (χ1v) is 5.12. The summed E-state index contributed by atoms with van der Waals surface area (Å²) in [6, 6.07) is 8.01. The third-order valence-corrected chi connectivity index (χ3v) is 2.82. The highest BCUT2D eigenvalue weighted by molar-refractivity contribution is 5.26.